The second-order valence-electron chi connectivity index (χ2n) is 5.77. The first-order chi connectivity index (χ1) is 11.4. The van der Waals surface area contributed by atoms with Gasteiger partial charge in [-0.3, -0.25) is 9.36 Å². The van der Waals surface area contributed by atoms with Crippen LogP contribution < -0.4 is 10.6 Å². The van der Waals surface area contributed by atoms with Gasteiger partial charge in [0.25, 0.3) is 0 Å². The van der Waals surface area contributed by atoms with E-state index in [1.54, 1.807) is 0 Å². The molecule has 0 bridgehead atoms. The highest BCUT2D eigenvalue weighted by atomic mass is 79.9. The van der Waals surface area contributed by atoms with Gasteiger partial charge in [-0.1, -0.05) is 0 Å². The number of hydrogen-bond donors (Lipinski definition) is 2. The Morgan fingerprint density at radius 2 is 1.96 bits per heavy atom. The number of aromatic nitrogens is 4. The van der Waals surface area contributed by atoms with Crippen molar-refractivity contribution in [2.45, 2.75) is 53.8 Å². The maximum Gasteiger partial charge on any atom is 0.166 e. The average molecular weight is 413 g/mol. The minimum Gasteiger partial charge on any atom is -0.363 e. The van der Waals surface area contributed by atoms with Crippen molar-refractivity contribution in [1.82, 2.24) is 30.2 Å². The van der Waals surface area contributed by atoms with Crippen LogP contribution in [0.15, 0.2) is 10.7 Å². The van der Waals surface area contributed by atoms with Crippen molar-refractivity contribution in [1.29, 1.82) is 0 Å². The summed E-state index contributed by atoms with van der Waals surface area (Å²) in [5, 5.41) is 16.1. The maximum atomic E-state index is 5.33. The Bertz CT molecular complexity index is 706. The number of halogens is 1. The number of hydrogen-bond acceptors (Lipinski definition) is 3. The quantitative estimate of drug-likeness (QED) is 0.540. The molecule has 2 rings (SSSR count). The first-order valence-corrected chi connectivity index (χ1v) is 9.36. The van der Waals surface area contributed by atoms with Crippen LogP contribution >= 0.6 is 28.1 Å². The fraction of sp³-hybridized carbons (Fsp3) is 0.562. The van der Waals surface area contributed by atoms with Crippen LogP contribution in [-0.4, -0.2) is 31.2 Å². The summed E-state index contributed by atoms with van der Waals surface area (Å²) in [6.45, 7) is 11.4. The fourth-order valence-electron chi connectivity index (χ4n) is 2.46. The van der Waals surface area contributed by atoms with E-state index in [9.17, 15) is 0 Å². The molecular formula is C16H25BrN6S. The van der Waals surface area contributed by atoms with Crippen LogP contribution in [0.25, 0.3) is 0 Å². The van der Waals surface area contributed by atoms with E-state index in [2.05, 4.69) is 56.8 Å². The number of aryl methyl sites for hydroxylation is 4. The fourth-order valence-corrected chi connectivity index (χ4v) is 2.91. The molecule has 0 saturated carbocycles. The van der Waals surface area contributed by atoms with E-state index in [0.717, 1.165) is 47.6 Å². The van der Waals surface area contributed by atoms with Gasteiger partial charge in [0, 0.05) is 43.6 Å². The van der Waals surface area contributed by atoms with Crippen molar-refractivity contribution in [2.24, 2.45) is 0 Å². The van der Waals surface area contributed by atoms with Crippen LogP contribution in [0.5, 0.6) is 0 Å². The molecular weight excluding hydrogens is 388 g/mol. The molecule has 0 radical (unpaired) electrons. The van der Waals surface area contributed by atoms with Gasteiger partial charge < -0.3 is 10.6 Å². The molecule has 24 heavy (non-hydrogen) atoms. The number of rotatable bonds is 7. The lowest BCUT2D eigenvalue weighted by atomic mass is 10.3. The van der Waals surface area contributed by atoms with E-state index in [1.165, 1.54) is 5.56 Å². The third kappa shape index (κ3) is 4.80. The second kappa shape index (κ2) is 8.62. The van der Waals surface area contributed by atoms with Crippen molar-refractivity contribution < 1.29 is 0 Å². The minimum absolute atomic E-state index is 0.674. The Kier molecular flexibility index (Phi) is 6.79. The van der Waals surface area contributed by atoms with E-state index in [1.807, 2.05) is 23.2 Å². The summed E-state index contributed by atoms with van der Waals surface area (Å²) in [4.78, 5) is 0. The summed E-state index contributed by atoms with van der Waals surface area (Å²) in [5.41, 5.74) is 4.41. The Labute approximate surface area is 157 Å². The zero-order chi connectivity index (χ0) is 17.7. The molecule has 0 aliphatic heterocycles. The summed E-state index contributed by atoms with van der Waals surface area (Å²) in [5.74, 6) is 0. The molecule has 8 heteroatoms. The molecule has 0 aliphatic carbocycles. The van der Waals surface area contributed by atoms with Crippen LogP contribution in [-0.2, 0) is 19.6 Å². The van der Waals surface area contributed by atoms with Gasteiger partial charge in [0.2, 0.25) is 0 Å². The van der Waals surface area contributed by atoms with Crippen LogP contribution in [0.1, 0.15) is 36.0 Å². The highest BCUT2D eigenvalue weighted by Crippen LogP contribution is 2.19. The van der Waals surface area contributed by atoms with Gasteiger partial charge in [-0.25, -0.2) is 0 Å². The largest absolute Gasteiger partial charge is 0.363 e. The normalized spacial score (nSPS) is 10.9. The van der Waals surface area contributed by atoms with Crippen LogP contribution in [0.2, 0.25) is 0 Å². The summed E-state index contributed by atoms with van der Waals surface area (Å²) < 4.78 is 5.06. The molecule has 0 spiro atoms. The molecule has 0 amide bonds. The molecule has 0 fully saturated rings. The standard InChI is InChI=1S/C16H25BrN6S/c1-5-22-10-14(11(2)20-22)9-19-16(24)18-7-6-8-23-13(4)15(17)12(3)21-23/h10H,5-9H2,1-4H3,(H2,18,19,24). The van der Waals surface area contributed by atoms with Crippen molar-refractivity contribution in [3.63, 3.8) is 0 Å². The number of thiocarbonyl (C=S) groups is 1. The first-order valence-electron chi connectivity index (χ1n) is 8.16. The molecule has 0 saturated heterocycles. The van der Waals surface area contributed by atoms with E-state index in [-0.39, 0.29) is 0 Å². The Hall–Kier alpha value is -1.41. The van der Waals surface area contributed by atoms with Gasteiger partial charge in [0.1, 0.15) is 0 Å². The summed E-state index contributed by atoms with van der Waals surface area (Å²) in [6.07, 6.45) is 3.02. The minimum atomic E-state index is 0.674. The molecule has 2 N–H and O–H groups in total. The van der Waals surface area contributed by atoms with Crippen LogP contribution in [0, 0.1) is 20.8 Å². The molecule has 6 nitrogen and oxygen atoms in total. The molecule has 0 aliphatic rings. The number of nitrogens with zero attached hydrogens (tertiary/aromatic N) is 4. The van der Waals surface area contributed by atoms with E-state index in [4.69, 9.17) is 12.2 Å². The van der Waals surface area contributed by atoms with Gasteiger partial charge >= 0.3 is 0 Å². The summed E-state index contributed by atoms with van der Waals surface area (Å²) >= 11 is 8.88. The topological polar surface area (TPSA) is 59.7 Å². The van der Waals surface area contributed by atoms with E-state index >= 15 is 0 Å². The third-order valence-corrected chi connectivity index (χ3v) is 5.37. The predicted octanol–water partition coefficient (Wildman–Crippen LogP) is 2.84. The molecule has 2 heterocycles. The second-order valence-corrected chi connectivity index (χ2v) is 6.97. The first kappa shape index (κ1) is 18.9. The average Bonchev–Trinajstić information content (AvgIpc) is 3.04. The lowest BCUT2D eigenvalue weighted by Crippen LogP contribution is -2.35. The van der Waals surface area contributed by atoms with E-state index in [0.29, 0.717) is 11.7 Å². The summed E-state index contributed by atoms with van der Waals surface area (Å²) in [6, 6.07) is 0. The highest BCUT2D eigenvalue weighted by molar-refractivity contribution is 9.10. The highest BCUT2D eigenvalue weighted by Gasteiger charge is 2.08. The molecule has 0 aromatic carbocycles. The predicted molar refractivity (Wildman–Crippen MR) is 104 cm³/mol. The lowest BCUT2D eigenvalue weighted by molar-refractivity contribution is 0.556. The molecule has 0 atom stereocenters. The summed E-state index contributed by atoms with van der Waals surface area (Å²) in [7, 11) is 0. The van der Waals surface area contributed by atoms with Gasteiger partial charge in [-0.2, -0.15) is 10.2 Å². The Morgan fingerprint density at radius 1 is 1.21 bits per heavy atom. The Morgan fingerprint density at radius 3 is 2.54 bits per heavy atom. The van der Waals surface area contributed by atoms with Gasteiger partial charge in [-0.15, -0.1) is 0 Å². The van der Waals surface area contributed by atoms with Crippen molar-refractivity contribution in [2.75, 3.05) is 6.54 Å². The third-order valence-electron chi connectivity index (χ3n) is 3.94. The molecule has 2 aromatic heterocycles. The van der Waals surface area contributed by atoms with Gasteiger partial charge in [0.05, 0.1) is 15.9 Å². The lowest BCUT2D eigenvalue weighted by Gasteiger charge is -2.10. The zero-order valence-electron chi connectivity index (χ0n) is 14.7. The smallest absolute Gasteiger partial charge is 0.166 e. The van der Waals surface area contributed by atoms with Gasteiger partial charge in [-0.05, 0) is 62.3 Å². The maximum absolute atomic E-state index is 5.33. The van der Waals surface area contributed by atoms with Gasteiger partial charge in [0.15, 0.2) is 5.11 Å². The van der Waals surface area contributed by atoms with Crippen LogP contribution in [0.4, 0.5) is 0 Å². The van der Waals surface area contributed by atoms with E-state index < -0.39 is 0 Å². The number of nitrogens with one attached hydrogen (secondary N) is 2. The SMILES string of the molecule is CCn1cc(CNC(=S)NCCCn2nc(C)c(Br)c2C)c(C)n1. The Balaban J connectivity index is 1.69. The van der Waals surface area contributed by atoms with Crippen molar-refractivity contribution >= 4 is 33.3 Å². The van der Waals surface area contributed by atoms with Crippen LogP contribution in [0.3, 0.4) is 0 Å². The molecule has 0 unspecified atom stereocenters. The molecule has 132 valence electrons. The van der Waals surface area contributed by atoms with Crippen molar-refractivity contribution in [3.8, 4) is 0 Å². The zero-order valence-corrected chi connectivity index (χ0v) is 17.1. The van der Waals surface area contributed by atoms with Crippen molar-refractivity contribution in [3.05, 3.63) is 33.3 Å². The monoisotopic (exact) mass is 412 g/mol. The molecule has 2 aromatic rings.